The van der Waals surface area contributed by atoms with Gasteiger partial charge in [0, 0.05) is 13.1 Å². The summed E-state index contributed by atoms with van der Waals surface area (Å²) in [5.74, 6) is -2.21. The van der Waals surface area contributed by atoms with Crippen molar-refractivity contribution in [2.75, 3.05) is 13.1 Å². The van der Waals surface area contributed by atoms with Gasteiger partial charge in [-0.1, -0.05) is 6.07 Å². The first kappa shape index (κ1) is 27.1. The van der Waals surface area contributed by atoms with Crippen molar-refractivity contribution in [1.29, 1.82) is 0 Å². The highest BCUT2D eigenvalue weighted by molar-refractivity contribution is 7.92. The molecule has 1 aliphatic heterocycles. The summed E-state index contributed by atoms with van der Waals surface area (Å²) in [5, 5.41) is 0. The zero-order valence-electron chi connectivity index (χ0n) is 19.3. The van der Waals surface area contributed by atoms with Crippen LogP contribution < -0.4 is 5.73 Å². The predicted octanol–water partition coefficient (Wildman–Crippen LogP) is 4.34. The molecule has 0 radical (unpaired) electrons. The van der Waals surface area contributed by atoms with Gasteiger partial charge >= 0.3 is 6.18 Å². The van der Waals surface area contributed by atoms with E-state index in [4.69, 9.17) is 5.73 Å². The van der Waals surface area contributed by atoms with Gasteiger partial charge in [0.05, 0.1) is 21.2 Å². The molecule has 0 aromatic heterocycles. The van der Waals surface area contributed by atoms with Crippen LogP contribution in [0.15, 0.2) is 47.4 Å². The number of nitrogens with two attached hydrogens (primary N) is 1. The van der Waals surface area contributed by atoms with Gasteiger partial charge in [0.1, 0.15) is 11.6 Å². The molecule has 11 heteroatoms. The minimum absolute atomic E-state index is 0.0194. The van der Waals surface area contributed by atoms with Crippen molar-refractivity contribution in [3.63, 3.8) is 0 Å². The van der Waals surface area contributed by atoms with Gasteiger partial charge in [0.15, 0.2) is 9.84 Å². The Kier molecular flexibility index (Phi) is 7.61. The van der Waals surface area contributed by atoms with Crippen molar-refractivity contribution >= 4 is 15.7 Å². The quantitative estimate of drug-likeness (QED) is 0.577. The molecular formula is C24H27F5N2O3S. The third kappa shape index (κ3) is 5.66. The van der Waals surface area contributed by atoms with Gasteiger partial charge in [0.2, 0.25) is 5.91 Å². The summed E-state index contributed by atoms with van der Waals surface area (Å²) in [4.78, 5) is 13.8. The monoisotopic (exact) mass is 518 g/mol. The molecule has 192 valence electrons. The molecule has 5 nitrogen and oxygen atoms in total. The standard InChI is InChI=1S/C24H27F5N2O3S/c1-23(2,35(33,34)19-5-3-4-17(14-19)24(27,28)29)16-8-10-31(11-9-16)22(32)21(30)13-15-12-18(25)6-7-20(15)26/h3-7,12,14,16,21H,8-11,13,30H2,1-2H3/t21-/m0/s1. The highest BCUT2D eigenvalue weighted by atomic mass is 32.2. The molecule has 1 amide bonds. The number of carbonyl (C=O) groups excluding carboxylic acids is 1. The highest BCUT2D eigenvalue weighted by Crippen LogP contribution is 2.39. The van der Waals surface area contributed by atoms with Crippen LogP contribution >= 0.6 is 0 Å². The second kappa shape index (κ2) is 9.85. The summed E-state index contributed by atoms with van der Waals surface area (Å²) in [7, 11) is -4.13. The van der Waals surface area contributed by atoms with Crippen LogP contribution in [0.2, 0.25) is 0 Å². The maximum atomic E-state index is 13.9. The lowest BCUT2D eigenvalue weighted by Crippen LogP contribution is -2.51. The average molecular weight is 519 g/mol. The zero-order valence-corrected chi connectivity index (χ0v) is 20.1. The van der Waals surface area contributed by atoms with Crippen LogP contribution in [0.4, 0.5) is 22.0 Å². The smallest absolute Gasteiger partial charge is 0.341 e. The maximum absolute atomic E-state index is 13.9. The van der Waals surface area contributed by atoms with Gasteiger partial charge < -0.3 is 10.6 Å². The molecule has 2 aromatic carbocycles. The number of likely N-dealkylation sites (tertiary alicyclic amines) is 1. The minimum Gasteiger partial charge on any atom is -0.341 e. The SMILES string of the molecule is CC(C)(C1CCN(C(=O)[C@@H](N)Cc2cc(F)ccc2F)CC1)S(=O)(=O)c1cccc(C(F)(F)F)c1. The topological polar surface area (TPSA) is 80.5 Å². The van der Waals surface area contributed by atoms with Crippen molar-refractivity contribution in [1.82, 2.24) is 4.90 Å². The van der Waals surface area contributed by atoms with Crippen LogP contribution in [-0.4, -0.2) is 43.1 Å². The summed E-state index contributed by atoms with van der Waals surface area (Å²) in [6, 6.07) is 5.47. The summed E-state index contributed by atoms with van der Waals surface area (Å²) >= 11 is 0. The third-order valence-corrected chi connectivity index (χ3v) is 9.31. The Morgan fingerprint density at radius 1 is 1.09 bits per heavy atom. The van der Waals surface area contributed by atoms with Crippen molar-refractivity contribution < 1.29 is 35.2 Å². The van der Waals surface area contributed by atoms with E-state index in [1.807, 2.05) is 0 Å². The summed E-state index contributed by atoms with van der Waals surface area (Å²) in [5.41, 5.74) is 4.88. The van der Waals surface area contributed by atoms with E-state index in [0.29, 0.717) is 6.07 Å². The lowest BCUT2D eigenvalue weighted by molar-refractivity contribution is -0.137. The largest absolute Gasteiger partial charge is 0.416 e. The predicted molar refractivity (Wildman–Crippen MR) is 120 cm³/mol. The van der Waals surface area contributed by atoms with Crippen LogP contribution in [0.3, 0.4) is 0 Å². The maximum Gasteiger partial charge on any atom is 0.416 e. The minimum atomic E-state index is -4.67. The van der Waals surface area contributed by atoms with Gasteiger partial charge in [-0.2, -0.15) is 13.2 Å². The van der Waals surface area contributed by atoms with Gasteiger partial charge in [-0.3, -0.25) is 4.79 Å². The normalized spacial score (nSPS) is 16.9. The number of carbonyl (C=O) groups is 1. The Balaban J connectivity index is 1.69. The van der Waals surface area contributed by atoms with E-state index in [2.05, 4.69) is 0 Å². The van der Waals surface area contributed by atoms with Crippen molar-refractivity contribution in [2.24, 2.45) is 11.7 Å². The van der Waals surface area contributed by atoms with Gasteiger partial charge in [-0.15, -0.1) is 0 Å². The molecule has 0 saturated carbocycles. The molecule has 1 fully saturated rings. The van der Waals surface area contributed by atoms with E-state index < -0.39 is 60.7 Å². The number of hydrogen-bond acceptors (Lipinski definition) is 4. The lowest BCUT2D eigenvalue weighted by atomic mass is 9.85. The Morgan fingerprint density at radius 3 is 2.31 bits per heavy atom. The molecule has 3 rings (SSSR count). The van der Waals surface area contributed by atoms with Crippen LogP contribution in [-0.2, 0) is 27.2 Å². The fourth-order valence-corrected chi connectivity index (χ4v) is 6.24. The highest BCUT2D eigenvalue weighted by Gasteiger charge is 2.45. The molecule has 0 aliphatic carbocycles. The van der Waals surface area contributed by atoms with Gasteiger partial charge in [0.25, 0.3) is 0 Å². The number of nitrogens with zero attached hydrogens (tertiary/aromatic N) is 1. The second-order valence-electron chi connectivity index (χ2n) is 9.28. The Bertz CT molecular complexity index is 1190. The Morgan fingerprint density at radius 2 is 1.71 bits per heavy atom. The van der Waals surface area contributed by atoms with Crippen LogP contribution in [0, 0.1) is 17.6 Å². The third-order valence-electron chi connectivity index (χ3n) is 6.72. The number of halogens is 5. The molecule has 2 aromatic rings. The van der Waals surface area contributed by atoms with E-state index in [0.717, 1.165) is 36.4 Å². The van der Waals surface area contributed by atoms with E-state index in [1.54, 1.807) is 0 Å². The second-order valence-corrected chi connectivity index (χ2v) is 11.8. The molecule has 1 aliphatic rings. The first-order valence-corrected chi connectivity index (χ1v) is 12.5. The first-order valence-electron chi connectivity index (χ1n) is 11.0. The number of benzene rings is 2. The van der Waals surface area contributed by atoms with Gasteiger partial charge in [-0.25, -0.2) is 17.2 Å². The van der Waals surface area contributed by atoms with Crippen molar-refractivity contribution in [2.45, 2.75) is 55.0 Å². The van der Waals surface area contributed by atoms with Crippen LogP contribution in [0.1, 0.15) is 37.8 Å². The van der Waals surface area contributed by atoms with E-state index >= 15 is 0 Å². The molecular weight excluding hydrogens is 491 g/mol. The van der Waals surface area contributed by atoms with Crippen molar-refractivity contribution in [3.05, 3.63) is 65.2 Å². The molecule has 1 atom stereocenters. The van der Waals surface area contributed by atoms with E-state index in [9.17, 15) is 35.2 Å². The van der Waals surface area contributed by atoms with E-state index in [1.165, 1.54) is 18.7 Å². The molecule has 0 bridgehead atoms. The average Bonchev–Trinajstić information content (AvgIpc) is 2.80. The van der Waals surface area contributed by atoms with E-state index in [-0.39, 0.29) is 37.9 Å². The molecule has 0 unspecified atom stereocenters. The number of amides is 1. The summed E-state index contributed by atoms with van der Waals surface area (Å²) in [6.45, 7) is 3.32. The Labute approximate surface area is 201 Å². The molecule has 35 heavy (non-hydrogen) atoms. The first-order chi connectivity index (χ1) is 16.1. The molecule has 1 heterocycles. The number of sulfone groups is 1. The zero-order chi connectivity index (χ0) is 26.2. The number of alkyl halides is 3. The number of piperidine rings is 1. The lowest BCUT2D eigenvalue weighted by Gasteiger charge is -2.40. The molecule has 2 N–H and O–H groups in total. The molecule has 1 saturated heterocycles. The molecule has 0 spiro atoms. The number of hydrogen-bond donors (Lipinski definition) is 1. The summed E-state index contributed by atoms with van der Waals surface area (Å²) in [6.07, 6.45) is -4.29. The summed E-state index contributed by atoms with van der Waals surface area (Å²) < 4.78 is 91.7. The van der Waals surface area contributed by atoms with Crippen LogP contribution in [0.25, 0.3) is 0 Å². The Hall–Kier alpha value is -2.53. The van der Waals surface area contributed by atoms with Gasteiger partial charge in [-0.05, 0) is 81.0 Å². The van der Waals surface area contributed by atoms with Crippen molar-refractivity contribution in [3.8, 4) is 0 Å². The van der Waals surface area contributed by atoms with Crippen LogP contribution in [0.5, 0.6) is 0 Å². The fourth-order valence-electron chi connectivity index (χ4n) is 4.42. The fraction of sp³-hybridized carbons (Fsp3) is 0.458. The number of rotatable bonds is 6.